The molecule has 1 aromatic rings. The second-order valence-corrected chi connectivity index (χ2v) is 9.95. The Labute approximate surface area is 160 Å². The van der Waals surface area contributed by atoms with Gasteiger partial charge in [0.1, 0.15) is 14.8 Å². The average molecular weight is 403 g/mol. The first-order valence-electron chi connectivity index (χ1n) is 9.11. The van der Waals surface area contributed by atoms with Gasteiger partial charge in [0.2, 0.25) is 0 Å². The molecule has 0 saturated heterocycles. The van der Waals surface area contributed by atoms with Gasteiger partial charge in [-0.05, 0) is 32.6 Å². The van der Waals surface area contributed by atoms with Crippen molar-refractivity contribution in [3.63, 3.8) is 0 Å². The van der Waals surface area contributed by atoms with E-state index in [1.165, 1.54) is 29.7 Å². The number of hydrogen-bond donors (Lipinski definition) is 1. The number of nitrogens with one attached hydrogen (secondary N) is 1. The van der Waals surface area contributed by atoms with Crippen molar-refractivity contribution < 1.29 is 13.2 Å². The summed E-state index contributed by atoms with van der Waals surface area (Å²) in [6.45, 7) is 4.67. The molecule has 0 amide bonds. The predicted molar refractivity (Wildman–Crippen MR) is 107 cm³/mol. The van der Waals surface area contributed by atoms with Crippen LogP contribution in [0.15, 0.2) is 4.99 Å². The molecule has 1 aromatic heterocycles. The first-order chi connectivity index (χ1) is 12.4. The summed E-state index contributed by atoms with van der Waals surface area (Å²) in [7, 11) is -0.967. The van der Waals surface area contributed by atoms with E-state index in [2.05, 4.69) is 15.2 Å². The largest absolute Gasteiger partial charge is 0.378 e. The van der Waals surface area contributed by atoms with E-state index in [1.54, 1.807) is 0 Å². The van der Waals surface area contributed by atoms with Crippen LogP contribution in [0.3, 0.4) is 0 Å². The molecule has 2 rings (SSSR count). The second kappa shape index (κ2) is 10.2. The third-order valence-electron chi connectivity index (χ3n) is 4.05. The number of aliphatic imine (C=N–C) groups is 1. The molecule has 0 saturated carbocycles. The quantitative estimate of drug-likeness (QED) is 0.383. The van der Waals surface area contributed by atoms with Crippen molar-refractivity contribution in [3.05, 3.63) is 15.6 Å². The van der Waals surface area contributed by atoms with Gasteiger partial charge in [0.05, 0.1) is 37.8 Å². The minimum Gasteiger partial charge on any atom is -0.378 e. The molecular formula is C17H30N4O3S2. The van der Waals surface area contributed by atoms with Crippen molar-refractivity contribution in [1.29, 1.82) is 0 Å². The summed E-state index contributed by atoms with van der Waals surface area (Å²) in [6.07, 6.45) is 6.00. The van der Waals surface area contributed by atoms with E-state index < -0.39 is 9.84 Å². The van der Waals surface area contributed by atoms with E-state index in [4.69, 9.17) is 9.72 Å². The Bertz CT molecular complexity index is 677. The van der Waals surface area contributed by atoms with Crippen LogP contribution < -0.4 is 5.32 Å². The Morgan fingerprint density at radius 3 is 2.81 bits per heavy atom. The van der Waals surface area contributed by atoms with Crippen LogP contribution in [0.1, 0.15) is 35.3 Å². The van der Waals surface area contributed by atoms with Crippen LogP contribution in [-0.4, -0.2) is 69.6 Å². The molecule has 0 aromatic carbocycles. The third kappa shape index (κ3) is 7.20. The summed E-state index contributed by atoms with van der Waals surface area (Å²) < 4.78 is 27.5. The molecule has 0 aliphatic heterocycles. The molecule has 1 aliphatic carbocycles. The number of thiazole rings is 1. The van der Waals surface area contributed by atoms with Crippen molar-refractivity contribution in [2.75, 3.05) is 45.4 Å². The van der Waals surface area contributed by atoms with Gasteiger partial charge in [0.25, 0.3) is 0 Å². The molecule has 0 unspecified atom stereocenters. The maximum Gasteiger partial charge on any atom is 0.194 e. The minimum atomic E-state index is -2.97. The normalized spacial score (nSPS) is 15.0. The number of sulfone groups is 1. The van der Waals surface area contributed by atoms with Gasteiger partial charge >= 0.3 is 0 Å². The molecule has 0 atom stereocenters. The lowest BCUT2D eigenvalue weighted by Crippen LogP contribution is -2.38. The van der Waals surface area contributed by atoms with E-state index in [9.17, 15) is 8.42 Å². The Kier molecular flexibility index (Phi) is 8.30. The minimum absolute atomic E-state index is 0.0470. The highest BCUT2D eigenvalue weighted by atomic mass is 32.2. The van der Waals surface area contributed by atoms with Crippen LogP contribution in [0.2, 0.25) is 0 Å². The summed E-state index contributed by atoms with van der Waals surface area (Å²) in [6, 6.07) is 0. The number of fused-ring (bicyclic) bond motifs is 1. The molecule has 1 heterocycles. The van der Waals surface area contributed by atoms with Crippen LogP contribution >= 0.6 is 11.3 Å². The van der Waals surface area contributed by atoms with Gasteiger partial charge in [-0.2, -0.15) is 0 Å². The number of hydrogen-bond acceptors (Lipinski definition) is 6. The molecule has 9 heteroatoms. The number of ether oxygens (including phenoxy) is 1. The third-order valence-corrected chi connectivity index (χ3v) is 6.10. The van der Waals surface area contributed by atoms with Crippen molar-refractivity contribution in [3.8, 4) is 0 Å². The molecule has 26 heavy (non-hydrogen) atoms. The standard InChI is InChI=1S/C17H30N4O3S2/c1-4-18-17(19-9-10-24-11-12-26(3,22)23)21(2)13-16-20-14-7-5-6-8-15(14)25-16/h4-13H2,1-3H3,(H,18,19). The fourth-order valence-electron chi connectivity index (χ4n) is 2.75. The molecule has 0 radical (unpaired) electrons. The van der Waals surface area contributed by atoms with Gasteiger partial charge in [-0.15, -0.1) is 11.3 Å². The molecular weight excluding hydrogens is 372 g/mol. The van der Waals surface area contributed by atoms with Gasteiger partial charge in [-0.25, -0.2) is 13.4 Å². The highest BCUT2D eigenvalue weighted by Gasteiger charge is 2.16. The fourth-order valence-corrected chi connectivity index (χ4v) is 4.38. The monoisotopic (exact) mass is 402 g/mol. The van der Waals surface area contributed by atoms with Crippen molar-refractivity contribution >= 4 is 27.1 Å². The van der Waals surface area contributed by atoms with Crippen LogP contribution in [0.4, 0.5) is 0 Å². The van der Waals surface area contributed by atoms with Gasteiger partial charge in [0, 0.05) is 24.7 Å². The van der Waals surface area contributed by atoms with Crippen molar-refractivity contribution in [2.45, 2.75) is 39.2 Å². The average Bonchev–Trinajstić information content (AvgIpc) is 2.98. The van der Waals surface area contributed by atoms with Crippen LogP contribution in [0.5, 0.6) is 0 Å². The Balaban J connectivity index is 1.83. The number of rotatable bonds is 9. The SMILES string of the molecule is CCNC(=NCCOCCS(C)(=O)=O)N(C)Cc1nc2c(s1)CCCC2. The molecule has 148 valence electrons. The Morgan fingerprint density at radius 1 is 1.35 bits per heavy atom. The lowest BCUT2D eigenvalue weighted by atomic mass is 10.0. The zero-order chi connectivity index (χ0) is 19.0. The molecule has 7 nitrogen and oxygen atoms in total. The highest BCUT2D eigenvalue weighted by molar-refractivity contribution is 7.90. The number of nitrogens with zero attached hydrogens (tertiary/aromatic N) is 3. The van der Waals surface area contributed by atoms with E-state index in [0.717, 1.165) is 36.9 Å². The summed E-state index contributed by atoms with van der Waals surface area (Å²) in [5.41, 5.74) is 1.28. The van der Waals surface area contributed by atoms with E-state index in [0.29, 0.717) is 13.2 Å². The van der Waals surface area contributed by atoms with E-state index in [1.807, 2.05) is 25.3 Å². The molecule has 0 spiro atoms. The first-order valence-corrected chi connectivity index (χ1v) is 12.0. The van der Waals surface area contributed by atoms with Crippen LogP contribution in [0, 0.1) is 0 Å². The summed E-state index contributed by atoms with van der Waals surface area (Å²) >= 11 is 1.82. The Hall–Kier alpha value is -1.19. The van der Waals surface area contributed by atoms with Crippen molar-refractivity contribution in [1.82, 2.24) is 15.2 Å². The number of aryl methyl sites for hydroxylation is 2. The molecule has 1 N–H and O–H groups in total. The van der Waals surface area contributed by atoms with Gasteiger partial charge < -0.3 is 15.0 Å². The molecule has 0 bridgehead atoms. The lowest BCUT2D eigenvalue weighted by Gasteiger charge is -2.21. The number of guanidine groups is 1. The van der Waals surface area contributed by atoms with Gasteiger partial charge in [0.15, 0.2) is 5.96 Å². The number of aromatic nitrogens is 1. The first kappa shape index (κ1) is 21.1. The molecule has 0 fully saturated rings. The van der Waals surface area contributed by atoms with Crippen molar-refractivity contribution in [2.24, 2.45) is 4.99 Å². The lowest BCUT2D eigenvalue weighted by molar-refractivity contribution is 0.157. The molecule has 1 aliphatic rings. The highest BCUT2D eigenvalue weighted by Crippen LogP contribution is 2.27. The maximum atomic E-state index is 11.1. The smallest absolute Gasteiger partial charge is 0.194 e. The van der Waals surface area contributed by atoms with Crippen LogP contribution in [0.25, 0.3) is 0 Å². The van der Waals surface area contributed by atoms with Gasteiger partial charge in [-0.1, -0.05) is 0 Å². The predicted octanol–water partition coefficient (Wildman–Crippen LogP) is 1.48. The fraction of sp³-hybridized carbons (Fsp3) is 0.765. The van der Waals surface area contributed by atoms with Crippen LogP contribution in [-0.2, 0) is 34.0 Å². The van der Waals surface area contributed by atoms with E-state index in [-0.39, 0.29) is 12.4 Å². The summed E-state index contributed by atoms with van der Waals surface area (Å²) in [4.78, 5) is 12.9. The topological polar surface area (TPSA) is 83.9 Å². The second-order valence-electron chi connectivity index (χ2n) is 6.52. The van der Waals surface area contributed by atoms with Gasteiger partial charge in [-0.3, -0.25) is 4.99 Å². The maximum absolute atomic E-state index is 11.1. The summed E-state index contributed by atoms with van der Waals surface area (Å²) in [5.74, 6) is 0.859. The summed E-state index contributed by atoms with van der Waals surface area (Å²) in [5, 5.41) is 4.41. The Morgan fingerprint density at radius 2 is 2.12 bits per heavy atom. The zero-order valence-electron chi connectivity index (χ0n) is 16.0. The zero-order valence-corrected chi connectivity index (χ0v) is 17.6. The van der Waals surface area contributed by atoms with E-state index >= 15 is 0 Å².